The highest BCUT2D eigenvalue weighted by Gasteiger charge is 2.35. The van der Waals surface area contributed by atoms with Gasteiger partial charge in [-0.15, -0.1) is 0 Å². The molecular formula is C18H25Cl2N5O4. The first-order chi connectivity index (χ1) is 13.4. The molecule has 3 amide bonds. The molecule has 5 N–H and O–H groups in total. The van der Waals surface area contributed by atoms with Crippen molar-refractivity contribution in [3.05, 3.63) is 22.2 Å². The first kappa shape index (κ1) is 23.1. The zero-order valence-electron chi connectivity index (χ0n) is 16.5. The number of nitrogens with two attached hydrogens (primary N) is 2. The zero-order chi connectivity index (χ0) is 21.9. The molecule has 1 aromatic rings. The van der Waals surface area contributed by atoms with Gasteiger partial charge in [0.1, 0.15) is 11.6 Å². The number of hydrogen-bond acceptors (Lipinski definition) is 6. The zero-order valence-corrected chi connectivity index (χ0v) is 18.0. The van der Waals surface area contributed by atoms with Gasteiger partial charge in [-0.3, -0.25) is 14.5 Å². The first-order valence-corrected chi connectivity index (χ1v) is 9.68. The SMILES string of the molecule is CC(C)(C)OC(=O)N1CCN(CC(=O)Nc2c(Cl)cc(N)cc2Cl)[C@@H](C(N)=O)C1. The minimum atomic E-state index is -0.834. The van der Waals surface area contributed by atoms with E-state index in [-0.39, 0.29) is 41.9 Å². The lowest BCUT2D eigenvalue weighted by atomic mass is 10.1. The molecule has 1 aliphatic heterocycles. The van der Waals surface area contributed by atoms with Crippen molar-refractivity contribution < 1.29 is 19.1 Å². The second-order valence-corrected chi connectivity index (χ2v) is 8.54. The fourth-order valence-electron chi connectivity index (χ4n) is 2.85. The van der Waals surface area contributed by atoms with Crippen molar-refractivity contribution in [3.63, 3.8) is 0 Å². The number of amides is 3. The van der Waals surface area contributed by atoms with Crippen LogP contribution in [0.15, 0.2) is 12.1 Å². The Bertz CT molecular complexity index is 789. The molecule has 1 atom stereocenters. The molecule has 1 aliphatic rings. The van der Waals surface area contributed by atoms with Gasteiger partial charge < -0.3 is 26.4 Å². The predicted octanol–water partition coefficient (Wildman–Crippen LogP) is 1.92. The standard InChI is InChI=1S/C18H25Cl2N5O4/c1-18(2,3)29-17(28)25-5-4-24(13(8-25)16(22)27)9-14(26)23-15-11(19)6-10(21)7-12(15)20/h6-7,13H,4-5,8-9,21H2,1-3H3,(H2,22,27)(H,23,26)/t13-/m1/s1. The van der Waals surface area contributed by atoms with Crippen molar-refractivity contribution in [1.82, 2.24) is 9.80 Å². The summed E-state index contributed by atoms with van der Waals surface area (Å²) in [5, 5.41) is 3.02. The topological polar surface area (TPSA) is 131 Å². The molecule has 0 bridgehead atoms. The number of piperazine rings is 1. The molecule has 0 unspecified atom stereocenters. The molecule has 11 heteroatoms. The van der Waals surface area contributed by atoms with E-state index >= 15 is 0 Å². The van der Waals surface area contributed by atoms with Gasteiger partial charge in [-0.2, -0.15) is 0 Å². The van der Waals surface area contributed by atoms with Crippen molar-refractivity contribution in [2.75, 3.05) is 37.2 Å². The van der Waals surface area contributed by atoms with E-state index in [9.17, 15) is 14.4 Å². The van der Waals surface area contributed by atoms with Gasteiger partial charge in [0, 0.05) is 25.3 Å². The normalized spacial score (nSPS) is 17.7. The van der Waals surface area contributed by atoms with Crippen LogP contribution in [-0.2, 0) is 14.3 Å². The van der Waals surface area contributed by atoms with Crippen LogP contribution in [0.3, 0.4) is 0 Å². The number of nitrogen functional groups attached to an aromatic ring is 1. The summed E-state index contributed by atoms with van der Waals surface area (Å²) >= 11 is 12.2. The number of anilines is 2. The number of primary amides is 1. The van der Waals surface area contributed by atoms with Gasteiger partial charge in [0.2, 0.25) is 11.8 Å². The fraction of sp³-hybridized carbons (Fsp3) is 0.500. The molecule has 0 saturated carbocycles. The molecule has 1 heterocycles. The van der Waals surface area contributed by atoms with Gasteiger partial charge in [0.25, 0.3) is 0 Å². The summed E-state index contributed by atoms with van der Waals surface area (Å²) in [7, 11) is 0. The van der Waals surface area contributed by atoms with Crippen LogP contribution in [0.5, 0.6) is 0 Å². The molecule has 1 fully saturated rings. The Morgan fingerprint density at radius 1 is 1.21 bits per heavy atom. The summed E-state index contributed by atoms with van der Waals surface area (Å²) in [5.41, 5.74) is 11.1. The van der Waals surface area contributed by atoms with Crippen LogP contribution in [0.2, 0.25) is 10.0 Å². The first-order valence-electron chi connectivity index (χ1n) is 8.93. The molecular weight excluding hydrogens is 421 g/mol. The highest BCUT2D eigenvalue weighted by atomic mass is 35.5. The van der Waals surface area contributed by atoms with Gasteiger partial charge in [-0.1, -0.05) is 23.2 Å². The highest BCUT2D eigenvalue weighted by Crippen LogP contribution is 2.32. The third-order valence-electron chi connectivity index (χ3n) is 4.15. The van der Waals surface area contributed by atoms with Crippen LogP contribution in [-0.4, -0.2) is 65.5 Å². The molecule has 0 aliphatic carbocycles. The van der Waals surface area contributed by atoms with Gasteiger partial charge in [0.05, 0.1) is 22.3 Å². The lowest BCUT2D eigenvalue weighted by Gasteiger charge is -2.39. The molecule has 2 rings (SSSR count). The van der Waals surface area contributed by atoms with E-state index in [2.05, 4.69) is 5.32 Å². The number of carbonyl (C=O) groups excluding carboxylic acids is 3. The lowest BCUT2D eigenvalue weighted by Crippen LogP contribution is -2.60. The smallest absolute Gasteiger partial charge is 0.410 e. The third-order valence-corrected chi connectivity index (χ3v) is 4.74. The van der Waals surface area contributed by atoms with Gasteiger partial charge in [-0.25, -0.2) is 4.79 Å². The Balaban J connectivity index is 2.04. The summed E-state index contributed by atoms with van der Waals surface area (Å²) in [4.78, 5) is 39.7. The Labute approximate surface area is 179 Å². The number of ether oxygens (including phenoxy) is 1. The van der Waals surface area contributed by atoms with Crippen molar-refractivity contribution in [2.24, 2.45) is 5.73 Å². The average Bonchev–Trinajstić information content (AvgIpc) is 2.56. The molecule has 0 aromatic heterocycles. The molecule has 1 aromatic carbocycles. The van der Waals surface area contributed by atoms with Gasteiger partial charge >= 0.3 is 6.09 Å². The Kier molecular flexibility index (Phi) is 7.20. The van der Waals surface area contributed by atoms with Crippen molar-refractivity contribution >= 4 is 52.5 Å². The maximum Gasteiger partial charge on any atom is 0.410 e. The summed E-state index contributed by atoms with van der Waals surface area (Å²) in [6, 6.07) is 2.10. The van der Waals surface area contributed by atoms with Crippen LogP contribution in [0.25, 0.3) is 0 Å². The molecule has 0 radical (unpaired) electrons. The van der Waals surface area contributed by atoms with Crippen molar-refractivity contribution in [3.8, 4) is 0 Å². The van der Waals surface area contributed by atoms with Crippen LogP contribution in [0.1, 0.15) is 20.8 Å². The van der Waals surface area contributed by atoms with E-state index in [1.54, 1.807) is 25.7 Å². The van der Waals surface area contributed by atoms with Crippen LogP contribution in [0, 0.1) is 0 Å². The Hall–Kier alpha value is -2.23. The Morgan fingerprint density at radius 2 is 1.79 bits per heavy atom. The van der Waals surface area contributed by atoms with Crippen molar-refractivity contribution in [1.29, 1.82) is 0 Å². The van der Waals surface area contributed by atoms with E-state index in [1.807, 2.05) is 0 Å². The molecule has 160 valence electrons. The van der Waals surface area contributed by atoms with E-state index in [1.165, 1.54) is 17.0 Å². The van der Waals surface area contributed by atoms with E-state index < -0.39 is 29.6 Å². The monoisotopic (exact) mass is 445 g/mol. The number of nitrogens with one attached hydrogen (secondary N) is 1. The average molecular weight is 446 g/mol. The van der Waals surface area contributed by atoms with Crippen LogP contribution >= 0.6 is 23.2 Å². The van der Waals surface area contributed by atoms with E-state index in [4.69, 9.17) is 39.4 Å². The number of nitrogens with zero attached hydrogens (tertiary/aromatic N) is 2. The largest absolute Gasteiger partial charge is 0.444 e. The molecule has 1 saturated heterocycles. The maximum absolute atomic E-state index is 12.5. The van der Waals surface area contributed by atoms with Crippen molar-refractivity contribution in [2.45, 2.75) is 32.4 Å². The predicted molar refractivity (Wildman–Crippen MR) is 112 cm³/mol. The maximum atomic E-state index is 12.5. The number of carbonyl (C=O) groups is 3. The third kappa shape index (κ3) is 6.38. The van der Waals surface area contributed by atoms with Gasteiger partial charge in [-0.05, 0) is 32.9 Å². The van der Waals surface area contributed by atoms with Crippen LogP contribution in [0.4, 0.5) is 16.2 Å². The Morgan fingerprint density at radius 3 is 2.31 bits per heavy atom. The second-order valence-electron chi connectivity index (χ2n) is 7.72. The second kappa shape index (κ2) is 9.06. The van der Waals surface area contributed by atoms with E-state index in [0.717, 1.165) is 0 Å². The summed E-state index contributed by atoms with van der Waals surface area (Å²) < 4.78 is 5.33. The minimum absolute atomic E-state index is 0.0287. The quantitative estimate of drug-likeness (QED) is 0.606. The number of rotatable bonds is 4. The summed E-state index contributed by atoms with van der Waals surface area (Å²) in [5.74, 6) is -1.08. The fourth-order valence-corrected chi connectivity index (χ4v) is 3.45. The number of hydrogen-bond donors (Lipinski definition) is 3. The molecule has 29 heavy (non-hydrogen) atoms. The van der Waals surface area contributed by atoms with Gasteiger partial charge in [0.15, 0.2) is 0 Å². The lowest BCUT2D eigenvalue weighted by molar-refractivity contribution is -0.127. The van der Waals surface area contributed by atoms with E-state index in [0.29, 0.717) is 5.69 Å². The number of benzene rings is 1. The highest BCUT2D eigenvalue weighted by molar-refractivity contribution is 6.40. The molecule has 0 spiro atoms. The van der Waals surface area contributed by atoms with Crippen LogP contribution < -0.4 is 16.8 Å². The number of halogens is 2. The molecule has 9 nitrogen and oxygen atoms in total. The summed E-state index contributed by atoms with van der Waals surface area (Å²) in [6.07, 6.45) is -0.534. The summed E-state index contributed by atoms with van der Waals surface area (Å²) in [6.45, 7) is 5.71. The minimum Gasteiger partial charge on any atom is -0.444 e.